The number of alkyl halides is 3. The van der Waals surface area contributed by atoms with Gasteiger partial charge in [0, 0.05) is 17.0 Å². The highest BCUT2D eigenvalue weighted by Crippen LogP contribution is 2.33. The molecule has 9 heteroatoms. The van der Waals surface area contributed by atoms with Crippen molar-refractivity contribution in [2.24, 2.45) is 0 Å². The number of hydrogen-bond donors (Lipinski definition) is 2. The number of benzene rings is 1. The minimum absolute atomic E-state index is 0.161. The van der Waals surface area contributed by atoms with E-state index in [1.165, 1.54) is 6.26 Å². The van der Waals surface area contributed by atoms with Gasteiger partial charge >= 0.3 is 6.18 Å². The molecule has 0 aliphatic heterocycles. The second-order valence-electron chi connectivity index (χ2n) is 5.13. The summed E-state index contributed by atoms with van der Waals surface area (Å²) in [7, 11) is 0. The van der Waals surface area contributed by atoms with Crippen LogP contribution in [0, 0.1) is 0 Å². The number of rotatable bonds is 4. The Morgan fingerprint density at radius 2 is 2.00 bits per heavy atom. The predicted octanol–water partition coefficient (Wildman–Crippen LogP) is 4.34. The van der Waals surface area contributed by atoms with Crippen LogP contribution in [0.4, 0.5) is 24.0 Å². The van der Waals surface area contributed by atoms with Crippen molar-refractivity contribution in [3.8, 4) is 0 Å². The maximum atomic E-state index is 12.5. The average Bonchev–Trinajstić information content (AvgIpc) is 3.16. The molecule has 0 radical (unpaired) electrons. The van der Waals surface area contributed by atoms with Gasteiger partial charge in [0.1, 0.15) is 6.26 Å². The summed E-state index contributed by atoms with van der Waals surface area (Å²) in [4.78, 5) is 15.1. The van der Waals surface area contributed by atoms with Crippen molar-refractivity contribution in [3.63, 3.8) is 0 Å². The maximum absolute atomic E-state index is 12.5. The largest absolute Gasteiger partial charge is 0.434 e. The van der Waals surface area contributed by atoms with E-state index in [4.69, 9.17) is 4.52 Å². The fraction of sp³-hybridized carbons (Fsp3) is 0.200. The Hall–Kier alpha value is -2.55. The van der Waals surface area contributed by atoms with Crippen molar-refractivity contribution in [2.75, 3.05) is 5.32 Å². The van der Waals surface area contributed by atoms with Crippen molar-refractivity contribution >= 4 is 22.2 Å². The van der Waals surface area contributed by atoms with Crippen molar-refractivity contribution in [1.29, 1.82) is 0 Å². The summed E-state index contributed by atoms with van der Waals surface area (Å²) in [5.41, 5.74) is 0.787. The maximum Gasteiger partial charge on any atom is 0.434 e. The zero-order chi connectivity index (χ0) is 17.3. The summed E-state index contributed by atoms with van der Waals surface area (Å²) in [5, 5.41) is 6.19. The van der Waals surface area contributed by atoms with Crippen LogP contribution in [0.15, 0.2) is 45.2 Å². The molecule has 0 aliphatic carbocycles. The Kier molecular flexibility index (Phi) is 4.18. The molecule has 5 nitrogen and oxygen atoms in total. The Balaban J connectivity index is 1.74. The molecular weight excluding hydrogens is 343 g/mol. The number of nitrogens with one attached hydrogen (secondary N) is 2. The molecule has 126 valence electrons. The van der Waals surface area contributed by atoms with Crippen LogP contribution in [0.1, 0.15) is 29.7 Å². The van der Waals surface area contributed by atoms with Gasteiger partial charge in [0.05, 0.1) is 5.56 Å². The van der Waals surface area contributed by atoms with Gasteiger partial charge in [-0.3, -0.25) is 4.79 Å². The predicted molar refractivity (Wildman–Crippen MR) is 83.7 cm³/mol. The monoisotopic (exact) mass is 355 g/mol. The lowest BCUT2D eigenvalue weighted by atomic mass is 9.95. The van der Waals surface area contributed by atoms with E-state index in [-0.39, 0.29) is 16.6 Å². The Bertz CT molecular complexity index is 880. The van der Waals surface area contributed by atoms with E-state index in [2.05, 4.69) is 15.5 Å². The van der Waals surface area contributed by atoms with E-state index >= 15 is 0 Å². The van der Waals surface area contributed by atoms with Gasteiger partial charge in [-0.05, 0) is 17.7 Å². The highest BCUT2D eigenvalue weighted by atomic mass is 32.1. The first-order chi connectivity index (χ1) is 11.3. The second kappa shape index (κ2) is 6.16. The van der Waals surface area contributed by atoms with Crippen LogP contribution < -0.4 is 10.9 Å². The Morgan fingerprint density at radius 3 is 2.54 bits per heavy atom. The summed E-state index contributed by atoms with van der Waals surface area (Å²) in [6.07, 6.45) is -3.08. The lowest BCUT2D eigenvalue weighted by Gasteiger charge is -2.10. The van der Waals surface area contributed by atoms with Gasteiger partial charge in [0.15, 0.2) is 10.8 Å². The van der Waals surface area contributed by atoms with E-state index in [9.17, 15) is 18.0 Å². The average molecular weight is 355 g/mol. The molecule has 0 spiro atoms. The summed E-state index contributed by atoms with van der Waals surface area (Å²) in [6.45, 7) is 1.86. The fourth-order valence-corrected chi connectivity index (χ4v) is 2.91. The molecule has 0 aliphatic rings. The standard InChI is InChI=1S/C15H12F3N3O2S/c1-8(11-6-23-21-13(11)22)9-2-4-10(5-3-9)19-14-20-12(7-24-14)15(16,17)18/h2-8H,1H3,(H,19,20)(H,21,22)/t8-/m1/s1. The molecule has 24 heavy (non-hydrogen) atoms. The molecule has 0 saturated heterocycles. The summed E-state index contributed by atoms with van der Waals surface area (Å²) >= 11 is 0.882. The molecule has 3 aromatic rings. The number of aromatic nitrogens is 2. The molecule has 2 aromatic heterocycles. The number of anilines is 2. The minimum atomic E-state index is -4.45. The van der Waals surface area contributed by atoms with Crippen molar-refractivity contribution < 1.29 is 17.7 Å². The number of thiazole rings is 1. The van der Waals surface area contributed by atoms with E-state index in [0.717, 1.165) is 22.3 Å². The van der Waals surface area contributed by atoms with Crippen LogP contribution in [0.5, 0.6) is 0 Å². The molecule has 0 unspecified atom stereocenters. The molecule has 0 fully saturated rings. The zero-order valence-corrected chi connectivity index (χ0v) is 13.2. The quantitative estimate of drug-likeness (QED) is 0.730. The molecule has 2 N–H and O–H groups in total. The van der Waals surface area contributed by atoms with Crippen molar-refractivity contribution in [3.05, 3.63) is 63.1 Å². The number of hydrogen-bond acceptors (Lipinski definition) is 5. The topological polar surface area (TPSA) is 70.9 Å². The third-order valence-electron chi connectivity index (χ3n) is 3.52. The smallest absolute Gasteiger partial charge is 0.387 e. The first-order valence-electron chi connectivity index (χ1n) is 6.90. The molecule has 0 saturated carbocycles. The third kappa shape index (κ3) is 3.35. The SMILES string of the molecule is C[C@H](c1ccc(Nc2nc(C(F)(F)F)cs2)cc1)c1co[nH]c1=O. The molecule has 1 atom stereocenters. The number of H-pyrrole nitrogens is 1. The van der Waals surface area contributed by atoms with Gasteiger partial charge < -0.3 is 9.84 Å². The molecule has 2 heterocycles. The second-order valence-corrected chi connectivity index (χ2v) is 5.98. The first-order valence-corrected chi connectivity index (χ1v) is 7.78. The van der Waals surface area contributed by atoms with E-state index in [1.807, 2.05) is 6.92 Å². The van der Waals surface area contributed by atoms with Crippen LogP contribution >= 0.6 is 11.3 Å². The number of halogens is 3. The Labute approximate surface area is 138 Å². The molecular formula is C15H12F3N3O2S. The fourth-order valence-electron chi connectivity index (χ4n) is 2.18. The third-order valence-corrected chi connectivity index (χ3v) is 4.28. The molecule has 0 bridgehead atoms. The molecule has 1 aromatic carbocycles. The van der Waals surface area contributed by atoms with Crippen LogP contribution in [-0.2, 0) is 6.18 Å². The first kappa shape index (κ1) is 16.3. The van der Waals surface area contributed by atoms with E-state index in [1.54, 1.807) is 24.3 Å². The van der Waals surface area contributed by atoms with Gasteiger partial charge in [0.25, 0.3) is 5.56 Å². The summed E-state index contributed by atoms with van der Waals surface area (Å²) in [6, 6.07) is 7.01. The van der Waals surface area contributed by atoms with Crippen LogP contribution in [0.2, 0.25) is 0 Å². The summed E-state index contributed by atoms with van der Waals surface area (Å²) in [5.74, 6) is -0.168. The van der Waals surface area contributed by atoms with E-state index < -0.39 is 11.9 Å². The van der Waals surface area contributed by atoms with Crippen LogP contribution in [0.3, 0.4) is 0 Å². The highest BCUT2D eigenvalue weighted by molar-refractivity contribution is 7.13. The number of nitrogens with zero attached hydrogens (tertiary/aromatic N) is 1. The molecule has 0 amide bonds. The minimum Gasteiger partial charge on any atom is -0.387 e. The zero-order valence-electron chi connectivity index (χ0n) is 12.3. The van der Waals surface area contributed by atoms with Gasteiger partial charge in [-0.25, -0.2) is 4.98 Å². The van der Waals surface area contributed by atoms with Gasteiger partial charge in [-0.15, -0.1) is 11.3 Å². The summed E-state index contributed by atoms with van der Waals surface area (Å²) < 4.78 is 42.4. The lowest BCUT2D eigenvalue weighted by molar-refractivity contribution is -0.140. The lowest BCUT2D eigenvalue weighted by Crippen LogP contribution is -2.09. The van der Waals surface area contributed by atoms with Crippen LogP contribution in [-0.4, -0.2) is 10.1 Å². The Morgan fingerprint density at radius 1 is 1.29 bits per heavy atom. The van der Waals surface area contributed by atoms with Gasteiger partial charge in [0.2, 0.25) is 0 Å². The van der Waals surface area contributed by atoms with Gasteiger partial charge in [-0.2, -0.15) is 18.3 Å². The number of aromatic amines is 1. The van der Waals surface area contributed by atoms with E-state index in [0.29, 0.717) is 11.3 Å². The molecule has 3 rings (SSSR count). The normalized spacial score (nSPS) is 13.0. The van der Waals surface area contributed by atoms with Crippen molar-refractivity contribution in [2.45, 2.75) is 19.0 Å². The van der Waals surface area contributed by atoms with Crippen LogP contribution in [0.25, 0.3) is 0 Å². The van der Waals surface area contributed by atoms with Crippen molar-refractivity contribution in [1.82, 2.24) is 10.1 Å². The highest BCUT2D eigenvalue weighted by Gasteiger charge is 2.33. The van der Waals surface area contributed by atoms with Gasteiger partial charge in [-0.1, -0.05) is 19.1 Å².